The number of hydrogen-bond donors (Lipinski definition) is 0. The van der Waals surface area contributed by atoms with Gasteiger partial charge in [0.25, 0.3) is 0 Å². The van der Waals surface area contributed by atoms with Crippen molar-refractivity contribution >= 4 is 5.91 Å². The molecule has 0 fully saturated rings. The number of tetrazole rings is 1. The zero-order valence-electron chi connectivity index (χ0n) is 14.1. The third-order valence-electron chi connectivity index (χ3n) is 4.45. The summed E-state index contributed by atoms with van der Waals surface area (Å²) in [4.78, 5) is 14.5. The van der Waals surface area contributed by atoms with Crippen molar-refractivity contribution in [1.29, 1.82) is 0 Å². The molecule has 4 rings (SSSR count). The predicted octanol–water partition coefficient (Wildman–Crippen LogP) is 0.708. The van der Waals surface area contributed by atoms with Crippen molar-refractivity contribution in [2.75, 3.05) is 6.54 Å². The number of benzene rings is 1. The van der Waals surface area contributed by atoms with E-state index in [1.807, 2.05) is 36.1 Å². The summed E-state index contributed by atoms with van der Waals surface area (Å²) >= 11 is 0. The second-order valence-electron chi connectivity index (χ2n) is 6.25. The lowest BCUT2D eigenvalue weighted by atomic mass is 10.1. The summed E-state index contributed by atoms with van der Waals surface area (Å²) in [5, 5.41) is 19.4. The van der Waals surface area contributed by atoms with Crippen LogP contribution >= 0.6 is 0 Å². The van der Waals surface area contributed by atoms with Gasteiger partial charge in [0.05, 0.1) is 24.7 Å². The Balaban J connectivity index is 1.46. The highest BCUT2D eigenvalue weighted by Gasteiger charge is 2.27. The molecule has 1 aliphatic rings. The molecule has 25 heavy (non-hydrogen) atoms. The first kappa shape index (κ1) is 15.4. The van der Waals surface area contributed by atoms with Crippen LogP contribution in [-0.4, -0.2) is 52.3 Å². The van der Waals surface area contributed by atoms with Gasteiger partial charge in [-0.05, 0) is 42.0 Å². The standard InChI is InChI=1S/C16H18N8O/c1-11-8-22(9-15-19-18-12(2)24(11)15)16(25)7-13-3-5-14(6-4-13)23-10-17-20-21-23/h3-6,10-11H,7-9H2,1-2H3/t11-/m1/s1. The topological polar surface area (TPSA) is 94.6 Å². The second kappa shape index (κ2) is 6.08. The average molecular weight is 338 g/mol. The van der Waals surface area contributed by atoms with E-state index in [9.17, 15) is 4.79 Å². The van der Waals surface area contributed by atoms with Gasteiger partial charge in [-0.1, -0.05) is 12.1 Å². The van der Waals surface area contributed by atoms with Crippen LogP contribution in [0.15, 0.2) is 30.6 Å². The van der Waals surface area contributed by atoms with E-state index in [0.717, 1.165) is 22.9 Å². The van der Waals surface area contributed by atoms with Gasteiger partial charge in [0, 0.05) is 6.54 Å². The minimum Gasteiger partial charge on any atom is -0.333 e. The van der Waals surface area contributed by atoms with Crippen molar-refractivity contribution in [2.45, 2.75) is 32.9 Å². The fourth-order valence-electron chi connectivity index (χ4n) is 3.25. The molecular formula is C16H18N8O. The summed E-state index contributed by atoms with van der Waals surface area (Å²) in [6.07, 6.45) is 1.89. The Hall–Kier alpha value is -3.10. The maximum absolute atomic E-state index is 12.7. The number of carbonyl (C=O) groups is 1. The summed E-state index contributed by atoms with van der Waals surface area (Å²) in [5.41, 5.74) is 1.81. The molecule has 0 unspecified atom stereocenters. The van der Waals surface area contributed by atoms with Crippen molar-refractivity contribution in [3.05, 3.63) is 47.8 Å². The van der Waals surface area contributed by atoms with E-state index in [4.69, 9.17) is 0 Å². The van der Waals surface area contributed by atoms with Crippen LogP contribution in [0.2, 0.25) is 0 Å². The number of rotatable bonds is 3. The summed E-state index contributed by atoms with van der Waals surface area (Å²) in [7, 11) is 0. The molecule has 0 N–H and O–H groups in total. The van der Waals surface area contributed by atoms with Crippen molar-refractivity contribution in [3.63, 3.8) is 0 Å². The molecule has 0 spiro atoms. The van der Waals surface area contributed by atoms with Crippen LogP contribution in [0.4, 0.5) is 0 Å². The maximum Gasteiger partial charge on any atom is 0.227 e. The summed E-state index contributed by atoms with van der Waals surface area (Å²) < 4.78 is 3.68. The van der Waals surface area contributed by atoms with Crippen LogP contribution in [0.5, 0.6) is 0 Å². The molecule has 3 aromatic rings. The van der Waals surface area contributed by atoms with Crippen molar-refractivity contribution in [1.82, 2.24) is 39.9 Å². The summed E-state index contributed by atoms with van der Waals surface area (Å²) in [6, 6.07) is 7.84. The third kappa shape index (κ3) is 2.88. The molecule has 9 nitrogen and oxygen atoms in total. The summed E-state index contributed by atoms with van der Waals surface area (Å²) in [5.74, 6) is 1.83. The molecule has 1 atom stereocenters. The zero-order valence-corrected chi connectivity index (χ0v) is 14.1. The van der Waals surface area contributed by atoms with Gasteiger partial charge in [-0.25, -0.2) is 4.68 Å². The van der Waals surface area contributed by atoms with E-state index in [1.165, 1.54) is 6.33 Å². The van der Waals surface area contributed by atoms with E-state index in [0.29, 0.717) is 19.5 Å². The van der Waals surface area contributed by atoms with Gasteiger partial charge in [-0.3, -0.25) is 4.79 Å². The molecular weight excluding hydrogens is 320 g/mol. The quantitative estimate of drug-likeness (QED) is 0.698. The van der Waals surface area contributed by atoms with Crippen molar-refractivity contribution in [3.8, 4) is 5.69 Å². The molecule has 0 bridgehead atoms. The van der Waals surface area contributed by atoms with E-state index < -0.39 is 0 Å². The van der Waals surface area contributed by atoms with Gasteiger partial charge < -0.3 is 9.47 Å². The van der Waals surface area contributed by atoms with Gasteiger partial charge in [-0.2, -0.15) is 0 Å². The Morgan fingerprint density at radius 3 is 2.76 bits per heavy atom. The van der Waals surface area contributed by atoms with Gasteiger partial charge in [0.15, 0.2) is 5.82 Å². The van der Waals surface area contributed by atoms with Gasteiger partial charge >= 0.3 is 0 Å². The average Bonchev–Trinajstić information content (AvgIpc) is 3.26. The van der Waals surface area contributed by atoms with Crippen LogP contribution in [0.1, 0.15) is 30.2 Å². The van der Waals surface area contributed by atoms with Crippen LogP contribution in [0.3, 0.4) is 0 Å². The highest BCUT2D eigenvalue weighted by atomic mass is 16.2. The van der Waals surface area contributed by atoms with Crippen LogP contribution < -0.4 is 0 Å². The minimum absolute atomic E-state index is 0.0916. The maximum atomic E-state index is 12.7. The Morgan fingerprint density at radius 2 is 2.04 bits per heavy atom. The smallest absolute Gasteiger partial charge is 0.227 e. The first-order valence-corrected chi connectivity index (χ1v) is 8.12. The molecule has 1 amide bonds. The van der Waals surface area contributed by atoms with E-state index >= 15 is 0 Å². The fourth-order valence-corrected chi connectivity index (χ4v) is 3.25. The van der Waals surface area contributed by atoms with Crippen LogP contribution in [0.25, 0.3) is 5.69 Å². The zero-order chi connectivity index (χ0) is 17.4. The van der Waals surface area contributed by atoms with Crippen LogP contribution in [-0.2, 0) is 17.8 Å². The molecule has 9 heteroatoms. The SMILES string of the molecule is Cc1nnc2n1[C@H](C)CN(C(=O)Cc1ccc(-n3cnnn3)cc1)C2. The van der Waals surface area contributed by atoms with E-state index in [-0.39, 0.29) is 11.9 Å². The van der Waals surface area contributed by atoms with E-state index in [2.05, 4.69) is 37.2 Å². The lowest BCUT2D eigenvalue weighted by Crippen LogP contribution is -2.41. The molecule has 2 aromatic heterocycles. The molecule has 0 saturated carbocycles. The largest absolute Gasteiger partial charge is 0.333 e. The van der Waals surface area contributed by atoms with Gasteiger partial charge in [0.1, 0.15) is 12.2 Å². The molecule has 128 valence electrons. The number of carbonyl (C=O) groups excluding carboxylic acids is 1. The Labute approximate surface area is 144 Å². The molecule has 0 saturated heterocycles. The molecule has 0 radical (unpaired) electrons. The number of aromatic nitrogens is 7. The molecule has 1 aliphatic heterocycles. The fraction of sp³-hybridized carbons (Fsp3) is 0.375. The number of nitrogens with zero attached hydrogens (tertiary/aromatic N) is 8. The number of aryl methyl sites for hydroxylation is 1. The van der Waals surface area contributed by atoms with Crippen molar-refractivity contribution in [2.24, 2.45) is 0 Å². The van der Waals surface area contributed by atoms with Crippen molar-refractivity contribution < 1.29 is 4.79 Å². The van der Waals surface area contributed by atoms with Crippen LogP contribution in [0, 0.1) is 6.92 Å². The number of fused-ring (bicyclic) bond motifs is 1. The Bertz CT molecular complexity index is 884. The van der Waals surface area contributed by atoms with Gasteiger partial charge in [0.2, 0.25) is 5.91 Å². The molecule has 1 aromatic carbocycles. The highest BCUT2D eigenvalue weighted by Crippen LogP contribution is 2.21. The van der Waals surface area contributed by atoms with E-state index in [1.54, 1.807) is 4.68 Å². The monoisotopic (exact) mass is 338 g/mol. The molecule has 0 aliphatic carbocycles. The number of hydrogen-bond acceptors (Lipinski definition) is 6. The second-order valence-corrected chi connectivity index (χ2v) is 6.25. The molecule has 3 heterocycles. The highest BCUT2D eigenvalue weighted by molar-refractivity contribution is 5.79. The minimum atomic E-state index is 0.0916. The predicted molar refractivity (Wildman–Crippen MR) is 87.7 cm³/mol. The first-order valence-electron chi connectivity index (χ1n) is 8.12. The normalized spacial score (nSPS) is 16.7. The first-order chi connectivity index (χ1) is 12.1. The third-order valence-corrected chi connectivity index (χ3v) is 4.45. The summed E-state index contributed by atoms with van der Waals surface area (Å²) in [6.45, 7) is 5.21. The lowest BCUT2D eigenvalue weighted by molar-refractivity contribution is -0.132. The Morgan fingerprint density at radius 1 is 1.24 bits per heavy atom. The Kier molecular flexibility index (Phi) is 3.75. The number of amides is 1. The lowest BCUT2D eigenvalue weighted by Gasteiger charge is -2.32. The van der Waals surface area contributed by atoms with Gasteiger partial charge in [-0.15, -0.1) is 15.3 Å².